The van der Waals surface area contributed by atoms with Gasteiger partial charge in [0.1, 0.15) is 6.10 Å². The van der Waals surface area contributed by atoms with Crippen molar-refractivity contribution in [1.82, 2.24) is 0 Å². The molecule has 0 aromatic heterocycles. The topological polar surface area (TPSA) is 96.2 Å². The van der Waals surface area contributed by atoms with Crippen LogP contribution in [0.2, 0.25) is 0 Å². The average molecular weight is 457 g/mol. The van der Waals surface area contributed by atoms with Gasteiger partial charge in [-0.25, -0.2) is 0 Å². The molecule has 0 aliphatic carbocycles. The standard InChI is InChI=1S/C26H48O6/c1-2-3-4-5-6-7-8-9-10-12-20(27)13-11-14-21(28)15-22(29)16-23-17-24-18-25(31-23)19-26(30)32-24/h20-25,27-29H,2-19H2,1H3. The van der Waals surface area contributed by atoms with E-state index >= 15 is 0 Å². The molecule has 2 aliphatic heterocycles. The Hall–Kier alpha value is -0.690. The fourth-order valence-electron chi connectivity index (χ4n) is 5.12. The van der Waals surface area contributed by atoms with Gasteiger partial charge in [0.15, 0.2) is 0 Å². The maximum Gasteiger partial charge on any atom is 0.308 e. The van der Waals surface area contributed by atoms with Crippen molar-refractivity contribution < 1.29 is 29.6 Å². The molecular weight excluding hydrogens is 408 g/mol. The molecule has 0 spiro atoms. The zero-order valence-electron chi connectivity index (χ0n) is 20.3. The Morgan fingerprint density at radius 3 is 2.09 bits per heavy atom. The van der Waals surface area contributed by atoms with Crippen molar-refractivity contribution in [2.75, 3.05) is 0 Å². The Labute approximate surface area is 195 Å². The van der Waals surface area contributed by atoms with Crippen molar-refractivity contribution in [3.8, 4) is 0 Å². The molecule has 3 N–H and O–H groups in total. The first-order valence-corrected chi connectivity index (χ1v) is 13.3. The largest absolute Gasteiger partial charge is 0.462 e. The van der Waals surface area contributed by atoms with Gasteiger partial charge in [-0.1, -0.05) is 64.7 Å². The number of unbranched alkanes of at least 4 members (excludes halogenated alkanes) is 8. The third-order valence-electron chi connectivity index (χ3n) is 6.92. The molecule has 2 aliphatic rings. The second kappa shape index (κ2) is 16.0. The number of ether oxygens (including phenoxy) is 2. The number of fused-ring (bicyclic) bond motifs is 2. The molecule has 0 saturated carbocycles. The van der Waals surface area contributed by atoms with Crippen LogP contribution in [0.4, 0.5) is 0 Å². The Bertz CT molecular complexity index is 483. The molecule has 2 heterocycles. The van der Waals surface area contributed by atoms with Gasteiger partial charge in [-0.3, -0.25) is 4.79 Å². The third kappa shape index (κ3) is 12.0. The molecule has 2 bridgehead atoms. The first-order valence-electron chi connectivity index (χ1n) is 13.3. The van der Waals surface area contributed by atoms with E-state index in [9.17, 15) is 20.1 Å². The minimum absolute atomic E-state index is 0.0931. The van der Waals surface area contributed by atoms with Crippen molar-refractivity contribution in [3.05, 3.63) is 0 Å². The number of hydrogen-bond acceptors (Lipinski definition) is 6. The summed E-state index contributed by atoms with van der Waals surface area (Å²) in [5.41, 5.74) is 0. The number of rotatable bonds is 18. The van der Waals surface area contributed by atoms with Crippen LogP contribution in [0.3, 0.4) is 0 Å². The van der Waals surface area contributed by atoms with E-state index in [2.05, 4.69) is 6.92 Å². The van der Waals surface area contributed by atoms with Crippen LogP contribution in [0.5, 0.6) is 0 Å². The number of carbonyl (C=O) groups is 1. The van der Waals surface area contributed by atoms with E-state index in [1.807, 2.05) is 0 Å². The normalized spacial score (nSPS) is 25.9. The summed E-state index contributed by atoms with van der Waals surface area (Å²) in [6.07, 6.45) is 15.2. The SMILES string of the molecule is CCCCCCCCCCCC(O)CCCC(O)CC(O)CC1CC2CC(CC(=O)O2)O1. The molecule has 6 heteroatoms. The number of aliphatic hydroxyl groups is 3. The molecule has 2 fully saturated rings. The van der Waals surface area contributed by atoms with E-state index in [1.54, 1.807) is 0 Å². The third-order valence-corrected chi connectivity index (χ3v) is 6.92. The highest BCUT2D eigenvalue weighted by atomic mass is 16.6. The summed E-state index contributed by atoms with van der Waals surface area (Å²) in [5, 5.41) is 30.8. The molecule has 2 saturated heterocycles. The summed E-state index contributed by atoms with van der Waals surface area (Å²) in [6.45, 7) is 2.24. The predicted octanol–water partition coefficient (Wildman–Crippen LogP) is 4.80. The van der Waals surface area contributed by atoms with Crippen molar-refractivity contribution in [1.29, 1.82) is 0 Å². The quantitative estimate of drug-likeness (QED) is 0.202. The maximum absolute atomic E-state index is 11.4. The van der Waals surface area contributed by atoms with E-state index in [1.165, 1.54) is 51.4 Å². The Kier molecular flexibility index (Phi) is 13.8. The van der Waals surface area contributed by atoms with Crippen LogP contribution in [-0.2, 0) is 14.3 Å². The average Bonchev–Trinajstić information content (AvgIpc) is 2.71. The first kappa shape index (κ1) is 27.6. The highest BCUT2D eigenvalue weighted by molar-refractivity contribution is 5.71. The minimum Gasteiger partial charge on any atom is -0.462 e. The Morgan fingerprint density at radius 2 is 1.41 bits per heavy atom. The van der Waals surface area contributed by atoms with Crippen LogP contribution < -0.4 is 0 Å². The van der Waals surface area contributed by atoms with Gasteiger partial charge in [-0.05, 0) is 38.5 Å². The van der Waals surface area contributed by atoms with E-state index in [0.717, 1.165) is 25.7 Å². The lowest BCUT2D eigenvalue weighted by molar-refractivity contribution is -0.186. The van der Waals surface area contributed by atoms with Crippen LogP contribution >= 0.6 is 0 Å². The first-order chi connectivity index (χ1) is 15.5. The predicted molar refractivity (Wildman–Crippen MR) is 125 cm³/mol. The minimum atomic E-state index is -0.628. The second-order valence-corrected chi connectivity index (χ2v) is 10.1. The van der Waals surface area contributed by atoms with Gasteiger partial charge in [0.2, 0.25) is 0 Å². The Balaban J connectivity index is 1.44. The van der Waals surface area contributed by atoms with Crippen LogP contribution in [0.1, 0.15) is 122 Å². The van der Waals surface area contributed by atoms with Crippen LogP contribution in [-0.4, -0.2) is 57.9 Å². The van der Waals surface area contributed by atoms with E-state index in [0.29, 0.717) is 38.5 Å². The van der Waals surface area contributed by atoms with Gasteiger partial charge in [0, 0.05) is 12.8 Å². The smallest absolute Gasteiger partial charge is 0.308 e. The summed E-state index contributed by atoms with van der Waals surface area (Å²) in [4.78, 5) is 11.4. The highest BCUT2D eigenvalue weighted by Gasteiger charge is 2.38. The van der Waals surface area contributed by atoms with Crippen molar-refractivity contribution in [3.63, 3.8) is 0 Å². The highest BCUT2D eigenvalue weighted by Crippen LogP contribution is 2.31. The molecule has 0 aromatic carbocycles. The van der Waals surface area contributed by atoms with E-state index < -0.39 is 12.2 Å². The molecule has 6 atom stereocenters. The number of aliphatic hydroxyl groups excluding tert-OH is 3. The zero-order valence-corrected chi connectivity index (χ0v) is 20.3. The number of hydrogen-bond donors (Lipinski definition) is 3. The summed E-state index contributed by atoms with van der Waals surface area (Å²) < 4.78 is 11.2. The van der Waals surface area contributed by atoms with E-state index in [-0.39, 0.29) is 30.4 Å². The lowest BCUT2D eigenvalue weighted by Gasteiger charge is -2.39. The molecule has 0 aromatic rings. The Morgan fingerprint density at radius 1 is 0.781 bits per heavy atom. The van der Waals surface area contributed by atoms with Gasteiger partial charge >= 0.3 is 5.97 Å². The molecule has 188 valence electrons. The maximum atomic E-state index is 11.4. The van der Waals surface area contributed by atoms with Gasteiger partial charge < -0.3 is 24.8 Å². The summed E-state index contributed by atoms with van der Waals surface area (Å²) in [5.74, 6) is -0.194. The van der Waals surface area contributed by atoms with Crippen LogP contribution in [0.15, 0.2) is 0 Å². The van der Waals surface area contributed by atoms with Crippen LogP contribution in [0.25, 0.3) is 0 Å². The second-order valence-electron chi connectivity index (χ2n) is 10.1. The molecule has 2 rings (SSSR count). The lowest BCUT2D eigenvalue weighted by atomic mass is 9.92. The lowest BCUT2D eigenvalue weighted by Crippen LogP contribution is -2.44. The van der Waals surface area contributed by atoms with Gasteiger partial charge in [-0.15, -0.1) is 0 Å². The van der Waals surface area contributed by atoms with Gasteiger partial charge in [0.25, 0.3) is 0 Å². The fraction of sp³-hybridized carbons (Fsp3) is 0.962. The van der Waals surface area contributed by atoms with Gasteiger partial charge in [0.05, 0.1) is 36.9 Å². The summed E-state index contributed by atoms with van der Waals surface area (Å²) in [6, 6.07) is 0. The van der Waals surface area contributed by atoms with Crippen molar-refractivity contribution in [2.24, 2.45) is 0 Å². The van der Waals surface area contributed by atoms with Crippen LogP contribution in [0, 0.1) is 0 Å². The molecule has 6 unspecified atom stereocenters. The fourth-order valence-corrected chi connectivity index (χ4v) is 5.12. The monoisotopic (exact) mass is 456 g/mol. The molecular formula is C26H48O6. The van der Waals surface area contributed by atoms with Crippen molar-refractivity contribution in [2.45, 2.75) is 159 Å². The molecule has 0 radical (unpaired) electrons. The number of esters is 1. The molecule has 0 amide bonds. The molecule has 32 heavy (non-hydrogen) atoms. The van der Waals surface area contributed by atoms with Gasteiger partial charge in [-0.2, -0.15) is 0 Å². The molecule has 6 nitrogen and oxygen atoms in total. The summed E-state index contributed by atoms with van der Waals surface area (Å²) in [7, 11) is 0. The summed E-state index contributed by atoms with van der Waals surface area (Å²) >= 11 is 0. The number of carbonyl (C=O) groups excluding carboxylic acids is 1. The zero-order chi connectivity index (χ0) is 23.2. The van der Waals surface area contributed by atoms with Crippen molar-refractivity contribution >= 4 is 5.97 Å². The van der Waals surface area contributed by atoms with E-state index in [4.69, 9.17) is 9.47 Å².